The number of rotatable bonds is 10. The smallest absolute Gasteiger partial charge is 0.229 e. The van der Waals surface area contributed by atoms with Gasteiger partial charge >= 0.3 is 0 Å². The number of nitrogens with two attached hydrogens (primary N) is 1. The number of methoxy groups -OCH3 is 2. The molecule has 0 saturated heterocycles. The summed E-state index contributed by atoms with van der Waals surface area (Å²) in [7, 11) is -0.131. The standard InChI is InChI=1S/C19H26N4O5S.HI/c1-26-17-9-4-14(12-18(17)27-2)13-22-19(20)21-10-11-28-16-7-5-15(6-8-16)23-29(3,24)25;/h4-9,12,23H,10-11,13H2,1-3H3,(H3,20,21,22);1H. The van der Waals surface area contributed by atoms with Crippen molar-refractivity contribution in [1.29, 1.82) is 0 Å². The fraction of sp³-hybridized carbons (Fsp3) is 0.316. The summed E-state index contributed by atoms with van der Waals surface area (Å²) in [4.78, 5) is 4.28. The lowest BCUT2D eigenvalue weighted by Crippen LogP contribution is -2.34. The van der Waals surface area contributed by atoms with Gasteiger partial charge in [-0.2, -0.15) is 0 Å². The highest BCUT2D eigenvalue weighted by molar-refractivity contribution is 14.0. The average molecular weight is 550 g/mol. The molecule has 0 fully saturated rings. The van der Waals surface area contributed by atoms with E-state index in [-0.39, 0.29) is 24.0 Å². The van der Waals surface area contributed by atoms with Gasteiger partial charge in [-0.3, -0.25) is 4.72 Å². The van der Waals surface area contributed by atoms with Crippen LogP contribution in [0.2, 0.25) is 0 Å². The topological polar surface area (TPSA) is 124 Å². The fourth-order valence-corrected chi connectivity index (χ4v) is 2.96. The van der Waals surface area contributed by atoms with Gasteiger partial charge in [0, 0.05) is 5.69 Å². The van der Waals surface area contributed by atoms with Crippen molar-refractivity contribution in [3.8, 4) is 17.2 Å². The first kappa shape index (κ1) is 25.6. The Hall–Kier alpha value is -2.41. The van der Waals surface area contributed by atoms with Crippen molar-refractivity contribution in [3.05, 3.63) is 48.0 Å². The molecule has 0 heterocycles. The Morgan fingerprint density at radius 1 is 1.07 bits per heavy atom. The summed E-state index contributed by atoms with van der Waals surface area (Å²) in [6.07, 6.45) is 1.10. The number of ether oxygens (including phenoxy) is 3. The molecule has 9 nitrogen and oxygen atoms in total. The Balaban J connectivity index is 0.00000450. The zero-order valence-electron chi connectivity index (χ0n) is 17.0. The van der Waals surface area contributed by atoms with E-state index in [1.54, 1.807) is 38.5 Å². The van der Waals surface area contributed by atoms with Gasteiger partial charge in [0.1, 0.15) is 12.4 Å². The summed E-state index contributed by atoms with van der Waals surface area (Å²) in [6, 6.07) is 12.2. The van der Waals surface area contributed by atoms with Gasteiger partial charge in [-0.15, -0.1) is 24.0 Å². The van der Waals surface area contributed by atoms with Crippen LogP contribution < -0.4 is 30.0 Å². The average Bonchev–Trinajstić information content (AvgIpc) is 2.69. The van der Waals surface area contributed by atoms with Crippen LogP contribution in [0.5, 0.6) is 17.2 Å². The van der Waals surface area contributed by atoms with E-state index in [1.807, 2.05) is 18.2 Å². The van der Waals surface area contributed by atoms with Gasteiger partial charge in [-0.05, 0) is 42.0 Å². The molecule has 11 heteroatoms. The minimum atomic E-state index is -3.29. The first-order chi connectivity index (χ1) is 13.8. The number of nitrogens with one attached hydrogen (secondary N) is 2. The first-order valence-corrected chi connectivity index (χ1v) is 10.6. The van der Waals surface area contributed by atoms with E-state index in [2.05, 4.69) is 15.0 Å². The van der Waals surface area contributed by atoms with Crippen LogP contribution in [0.1, 0.15) is 5.56 Å². The third kappa shape index (κ3) is 8.95. The van der Waals surface area contributed by atoms with Gasteiger partial charge in [0.05, 0.1) is 33.6 Å². The van der Waals surface area contributed by atoms with Crippen molar-refractivity contribution in [2.75, 3.05) is 38.3 Å². The summed E-state index contributed by atoms with van der Waals surface area (Å²) in [6.45, 7) is 1.23. The Kier molecular flexibility index (Phi) is 10.5. The monoisotopic (exact) mass is 550 g/mol. The number of aliphatic imine (C=N–C) groups is 1. The van der Waals surface area contributed by atoms with Crippen LogP contribution in [0.25, 0.3) is 0 Å². The van der Waals surface area contributed by atoms with E-state index in [0.717, 1.165) is 11.8 Å². The summed E-state index contributed by atoms with van der Waals surface area (Å²) in [5, 5.41) is 2.97. The summed E-state index contributed by atoms with van der Waals surface area (Å²) in [5.74, 6) is 2.21. The number of halogens is 1. The molecule has 0 atom stereocenters. The van der Waals surface area contributed by atoms with Gasteiger partial charge in [0.2, 0.25) is 10.0 Å². The van der Waals surface area contributed by atoms with Crippen molar-refractivity contribution in [1.82, 2.24) is 5.32 Å². The zero-order valence-corrected chi connectivity index (χ0v) is 20.2. The number of hydrogen-bond acceptors (Lipinski definition) is 6. The third-order valence-electron chi connectivity index (χ3n) is 3.71. The van der Waals surface area contributed by atoms with Crippen molar-refractivity contribution in [3.63, 3.8) is 0 Å². The molecule has 0 aliphatic rings. The largest absolute Gasteiger partial charge is 0.493 e. The lowest BCUT2D eigenvalue weighted by atomic mass is 10.2. The molecule has 166 valence electrons. The van der Waals surface area contributed by atoms with Gasteiger partial charge in [0.25, 0.3) is 0 Å². The molecule has 2 rings (SSSR count). The molecule has 4 N–H and O–H groups in total. The van der Waals surface area contributed by atoms with Crippen molar-refractivity contribution >= 4 is 45.6 Å². The lowest BCUT2D eigenvalue weighted by molar-refractivity contribution is 0.322. The van der Waals surface area contributed by atoms with E-state index >= 15 is 0 Å². The second kappa shape index (κ2) is 12.3. The molecule has 0 radical (unpaired) electrons. The third-order valence-corrected chi connectivity index (χ3v) is 4.32. The minimum absolute atomic E-state index is 0. The Morgan fingerprint density at radius 3 is 2.33 bits per heavy atom. The number of anilines is 1. The molecule has 0 bridgehead atoms. The maximum absolute atomic E-state index is 11.2. The molecule has 0 amide bonds. The van der Waals surface area contributed by atoms with Crippen LogP contribution in [0.15, 0.2) is 47.5 Å². The lowest BCUT2D eigenvalue weighted by Gasteiger charge is -2.10. The Labute approximate surface area is 194 Å². The van der Waals surface area contributed by atoms with Crippen LogP contribution in [-0.2, 0) is 16.6 Å². The molecule has 2 aromatic rings. The van der Waals surface area contributed by atoms with Gasteiger partial charge < -0.3 is 25.3 Å². The predicted molar refractivity (Wildman–Crippen MR) is 129 cm³/mol. The van der Waals surface area contributed by atoms with Crippen molar-refractivity contribution in [2.24, 2.45) is 10.7 Å². The van der Waals surface area contributed by atoms with E-state index in [1.165, 1.54) is 0 Å². The number of sulfonamides is 1. The van der Waals surface area contributed by atoms with E-state index in [9.17, 15) is 8.42 Å². The van der Waals surface area contributed by atoms with Crippen molar-refractivity contribution in [2.45, 2.75) is 6.54 Å². The number of nitrogens with zero attached hydrogens (tertiary/aromatic N) is 1. The van der Waals surface area contributed by atoms with E-state index < -0.39 is 10.0 Å². The molecule has 2 aromatic carbocycles. The summed E-state index contributed by atoms with van der Waals surface area (Å²) in [5.41, 5.74) is 7.28. The second-order valence-electron chi connectivity index (χ2n) is 6.06. The minimum Gasteiger partial charge on any atom is -0.493 e. The second-order valence-corrected chi connectivity index (χ2v) is 7.81. The number of hydrogen-bond donors (Lipinski definition) is 3. The van der Waals surface area contributed by atoms with Crippen LogP contribution in [0.3, 0.4) is 0 Å². The van der Waals surface area contributed by atoms with Crippen molar-refractivity contribution < 1.29 is 22.6 Å². The maximum atomic E-state index is 11.2. The summed E-state index contributed by atoms with van der Waals surface area (Å²) >= 11 is 0. The van der Waals surface area contributed by atoms with Gasteiger partial charge in [-0.1, -0.05) is 6.07 Å². The predicted octanol–water partition coefficient (Wildman–Crippen LogP) is 2.18. The van der Waals surface area contributed by atoms with Gasteiger partial charge in [-0.25, -0.2) is 13.4 Å². The quantitative estimate of drug-likeness (QED) is 0.179. The molecule has 0 aliphatic carbocycles. The fourth-order valence-electron chi connectivity index (χ4n) is 2.39. The van der Waals surface area contributed by atoms with Crippen LogP contribution in [-0.4, -0.2) is 48.0 Å². The van der Waals surface area contributed by atoms with E-state index in [4.69, 9.17) is 19.9 Å². The number of benzene rings is 2. The number of guanidine groups is 1. The SMILES string of the molecule is COc1ccc(CN=C(N)NCCOc2ccc(NS(C)(=O)=O)cc2)cc1OC.I. The van der Waals surface area contributed by atoms with E-state index in [0.29, 0.717) is 48.6 Å². The highest BCUT2D eigenvalue weighted by atomic mass is 127. The Morgan fingerprint density at radius 2 is 1.73 bits per heavy atom. The van der Waals surface area contributed by atoms with Crippen LogP contribution in [0.4, 0.5) is 5.69 Å². The van der Waals surface area contributed by atoms with Gasteiger partial charge in [0.15, 0.2) is 17.5 Å². The molecule has 0 unspecified atom stereocenters. The normalized spacial score (nSPS) is 11.2. The van der Waals surface area contributed by atoms with Crippen LogP contribution >= 0.6 is 24.0 Å². The molecule has 0 aromatic heterocycles. The first-order valence-electron chi connectivity index (χ1n) is 8.76. The molecule has 0 saturated carbocycles. The summed E-state index contributed by atoms with van der Waals surface area (Å²) < 4.78 is 40.8. The highest BCUT2D eigenvalue weighted by Gasteiger charge is 2.04. The molecule has 0 aliphatic heterocycles. The molecular weight excluding hydrogens is 523 g/mol. The zero-order chi connectivity index (χ0) is 21.3. The highest BCUT2D eigenvalue weighted by Crippen LogP contribution is 2.27. The maximum Gasteiger partial charge on any atom is 0.229 e. The molecule has 0 spiro atoms. The van der Waals surface area contributed by atoms with Crippen LogP contribution in [0, 0.1) is 0 Å². The Bertz CT molecular complexity index is 936. The molecule has 30 heavy (non-hydrogen) atoms. The molecular formula is C19H27IN4O5S.